The predicted octanol–water partition coefficient (Wildman–Crippen LogP) is 10.8. The molecule has 2 nitrogen and oxygen atoms in total. The quantitative estimate of drug-likeness (QED) is 0.168. The van der Waals surface area contributed by atoms with Crippen molar-refractivity contribution in [1.29, 1.82) is 0 Å². The Hall–Kier alpha value is -6.25. The van der Waals surface area contributed by atoms with Gasteiger partial charge in [0.2, 0.25) is 0 Å². The molecule has 238 valence electrons. The lowest BCUT2D eigenvalue weighted by Crippen LogP contribution is -2.37. The third-order valence-electron chi connectivity index (χ3n) is 10.2. The van der Waals surface area contributed by atoms with Crippen molar-refractivity contribution in [3.63, 3.8) is 0 Å². The van der Waals surface area contributed by atoms with Crippen LogP contribution in [-0.2, 0) is 0 Å². The molecule has 1 unspecified atom stereocenters. The highest BCUT2D eigenvalue weighted by atomic mass is 15.1. The Bertz CT molecular complexity index is 2600. The zero-order chi connectivity index (χ0) is 33.4. The second-order valence-corrected chi connectivity index (χ2v) is 13.2. The summed E-state index contributed by atoms with van der Waals surface area (Å²) in [6.07, 6.45) is 4.66. The third kappa shape index (κ3) is 5.17. The molecular weight excluding hydrogens is 605 g/mol. The number of fused-ring (bicyclic) bond motifs is 6. The summed E-state index contributed by atoms with van der Waals surface area (Å²) >= 11 is 0. The highest BCUT2D eigenvalue weighted by Gasteiger charge is 2.28. The van der Waals surface area contributed by atoms with Gasteiger partial charge in [-0.05, 0) is 110 Å². The monoisotopic (exact) mass is 640 g/mol. The molecule has 0 radical (unpaired) electrons. The standard InChI is InChI=1S/C48H36N2/c1-33-21-23-37(24-22-33)50(38-27-29-49-30-28-38)39-25-26-42-45(31-39)40-19-11-12-20-41(40)47-44(35-15-7-3-8-16-35)32-43(34-13-5-2-6-14-34)46(48(42)47)36-17-9-4-10-18-36/h2-31,43H,32H2,1H3. The van der Waals surface area contributed by atoms with Crippen LogP contribution < -0.4 is 15.3 Å². The Labute approximate surface area is 292 Å². The molecule has 0 aliphatic heterocycles. The molecule has 1 atom stereocenters. The van der Waals surface area contributed by atoms with Gasteiger partial charge in [0, 0.05) is 35.4 Å². The Morgan fingerprint density at radius 1 is 0.480 bits per heavy atom. The zero-order valence-corrected chi connectivity index (χ0v) is 28.0. The summed E-state index contributed by atoms with van der Waals surface area (Å²) in [5, 5.41) is 7.76. The number of nitrogens with zero attached hydrogens (tertiary/aromatic N) is 2. The first-order chi connectivity index (χ1) is 24.7. The van der Waals surface area contributed by atoms with E-state index in [-0.39, 0.29) is 5.92 Å². The van der Waals surface area contributed by atoms with Crippen molar-refractivity contribution in [2.45, 2.75) is 19.3 Å². The maximum absolute atomic E-state index is 4.34. The molecule has 0 N–H and O–H groups in total. The summed E-state index contributed by atoms with van der Waals surface area (Å²) in [6.45, 7) is 2.14. The lowest BCUT2D eigenvalue weighted by Gasteiger charge is -2.30. The molecule has 1 aromatic heterocycles. The molecule has 0 spiro atoms. The lowest BCUT2D eigenvalue weighted by atomic mass is 9.74. The zero-order valence-electron chi connectivity index (χ0n) is 28.0. The first kappa shape index (κ1) is 29.9. The van der Waals surface area contributed by atoms with Crippen LogP contribution in [0.1, 0.15) is 34.6 Å². The maximum Gasteiger partial charge on any atom is 0.0492 e. The summed E-state index contributed by atoms with van der Waals surface area (Å²) in [6, 6.07) is 62.2. The first-order valence-electron chi connectivity index (χ1n) is 17.4. The molecular formula is C48H36N2. The Morgan fingerprint density at radius 2 is 1.04 bits per heavy atom. The second-order valence-electron chi connectivity index (χ2n) is 13.2. The number of anilines is 3. The van der Waals surface area contributed by atoms with Crippen LogP contribution >= 0.6 is 0 Å². The van der Waals surface area contributed by atoms with Gasteiger partial charge >= 0.3 is 0 Å². The van der Waals surface area contributed by atoms with Gasteiger partial charge in [-0.2, -0.15) is 0 Å². The van der Waals surface area contributed by atoms with Gasteiger partial charge < -0.3 is 4.90 Å². The molecule has 1 aliphatic rings. The van der Waals surface area contributed by atoms with Crippen molar-refractivity contribution < 1.29 is 0 Å². The van der Waals surface area contributed by atoms with E-state index in [1.165, 1.54) is 65.4 Å². The average Bonchev–Trinajstić information content (AvgIpc) is 3.19. The van der Waals surface area contributed by atoms with E-state index in [1.807, 2.05) is 12.4 Å². The van der Waals surface area contributed by atoms with Crippen LogP contribution in [-0.4, -0.2) is 4.98 Å². The van der Waals surface area contributed by atoms with E-state index >= 15 is 0 Å². The van der Waals surface area contributed by atoms with E-state index in [4.69, 9.17) is 0 Å². The topological polar surface area (TPSA) is 16.1 Å². The number of benzene rings is 7. The number of hydrogen-bond acceptors (Lipinski definition) is 2. The van der Waals surface area contributed by atoms with Gasteiger partial charge in [-0.25, -0.2) is 0 Å². The molecule has 8 aromatic rings. The molecule has 2 heteroatoms. The van der Waals surface area contributed by atoms with Crippen molar-refractivity contribution in [2.75, 3.05) is 4.90 Å². The van der Waals surface area contributed by atoms with Crippen LogP contribution in [0.2, 0.25) is 0 Å². The third-order valence-corrected chi connectivity index (χ3v) is 10.2. The molecule has 0 fully saturated rings. The number of rotatable bonds is 6. The van der Waals surface area contributed by atoms with Crippen molar-refractivity contribution in [3.05, 3.63) is 215 Å². The smallest absolute Gasteiger partial charge is 0.0492 e. The summed E-state index contributed by atoms with van der Waals surface area (Å²) in [5.74, 6) is 0.186. The molecule has 9 rings (SSSR count). The van der Waals surface area contributed by atoms with Crippen LogP contribution in [0, 0.1) is 6.92 Å². The largest absolute Gasteiger partial charge is 0.310 e. The fourth-order valence-corrected chi connectivity index (χ4v) is 7.96. The van der Waals surface area contributed by atoms with E-state index in [0.717, 1.165) is 23.5 Å². The van der Waals surface area contributed by atoms with Crippen LogP contribution in [0.4, 0.5) is 17.1 Å². The van der Waals surface area contributed by atoms with Crippen molar-refractivity contribution in [1.82, 2.24) is 4.98 Å². The summed E-state index contributed by atoms with van der Waals surface area (Å²) in [5.41, 5.74) is 11.2. The van der Waals surface area contributed by atoms with Gasteiger partial charge in [0.25, 0.3) is 0 Å². The second kappa shape index (κ2) is 12.7. The van der Waals surface area contributed by atoms with Crippen LogP contribution in [0.3, 0.4) is 0 Å². The van der Waals surface area contributed by atoms with Crippen molar-refractivity contribution in [2.24, 2.45) is 0 Å². The fourth-order valence-electron chi connectivity index (χ4n) is 7.96. The first-order valence-corrected chi connectivity index (χ1v) is 17.4. The SMILES string of the molecule is Cc1ccc(N(c2ccncc2)c2ccc3c4c(c5ccccc5c3c2)=C(c2ccccc2)CC(c2ccccc2)C=4c2ccccc2)cc1. The minimum Gasteiger partial charge on any atom is -0.310 e. The molecule has 0 bridgehead atoms. The highest BCUT2D eigenvalue weighted by Crippen LogP contribution is 2.41. The molecule has 1 aliphatic carbocycles. The number of pyridine rings is 1. The van der Waals surface area contributed by atoms with Crippen LogP contribution in [0.15, 0.2) is 182 Å². The van der Waals surface area contributed by atoms with Gasteiger partial charge in [0.15, 0.2) is 0 Å². The van der Waals surface area contributed by atoms with Crippen LogP contribution in [0.25, 0.3) is 32.7 Å². The van der Waals surface area contributed by atoms with Gasteiger partial charge in [0.1, 0.15) is 0 Å². The molecule has 0 amide bonds. The molecule has 0 saturated carbocycles. The van der Waals surface area contributed by atoms with E-state index in [9.17, 15) is 0 Å². The van der Waals surface area contributed by atoms with Gasteiger partial charge in [-0.3, -0.25) is 4.98 Å². The van der Waals surface area contributed by atoms with E-state index in [2.05, 4.69) is 187 Å². The van der Waals surface area contributed by atoms with Crippen LogP contribution in [0.5, 0.6) is 0 Å². The molecule has 1 heterocycles. The van der Waals surface area contributed by atoms with E-state index in [1.54, 1.807) is 0 Å². The van der Waals surface area contributed by atoms with Gasteiger partial charge in [0.05, 0.1) is 0 Å². The van der Waals surface area contributed by atoms with Gasteiger partial charge in [-0.15, -0.1) is 0 Å². The summed E-state index contributed by atoms with van der Waals surface area (Å²) < 4.78 is 0. The van der Waals surface area contributed by atoms with Crippen molar-refractivity contribution >= 4 is 49.8 Å². The lowest BCUT2D eigenvalue weighted by molar-refractivity contribution is 0.876. The predicted molar refractivity (Wildman–Crippen MR) is 210 cm³/mol. The van der Waals surface area contributed by atoms with Crippen molar-refractivity contribution in [3.8, 4) is 0 Å². The number of aryl methyl sites for hydroxylation is 1. The maximum atomic E-state index is 4.34. The Morgan fingerprint density at radius 3 is 1.74 bits per heavy atom. The minimum absolute atomic E-state index is 0.186. The number of aromatic nitrogens is 1. The molecule has 7 aromatic carbocycles. The summed E-state index contributed by atoms with van der Waals surface area (Å²) in [7, 11) is 0. The highest BCUT2D eigenvalue weighted by molar-refractivity contribution is 6.11. The number of hydrogen-bond donors (Lipinski definition) is 0. The molecule has 50 heavy (non-hydrogen) atoms. The summed E-state index contributed by atoms with van der Waals surface area (Å²) in [4.78, 5) is 6.68. The Kier molecular flexibility index (Phi) is 7.55. The Balaban J connectivity index is 1.46. The normalized spacial score (nSPS) is 14.1. The molecule has 0 saturated heterocycles. The van der Waals surface area contributed by atoms with Gasteiger partial charge in [-0.1, -0.05) is 139 Å². The average molecular weight is 641 g/mol. The fraction of sp³-hybridized carbons (Fsp3) is 0.0625. The van der Waals surface area contributed by atoms with E-state index in [0.29, 0.717) is 0 Å². The minimum atomic E-state index is 0.186. The van der Waals surface area contributed by atoms with E-state index < -0.39 is 0 Å².